The van der Waals surface area contributed by atoms with Crippen LogP contribution in [-0.4, -0.2) is 14.1 Å². The van der Waals surface area contributed by atoms with Gasteiger partial charge >= 0.3 is 0 Å². The first-order valence-corrected chi connectivity index (χ1v) is 14.9. The van der Waals surface area contributed by atoms with Gasteiger partial charge < -0.3 is 9.13 Å². The third-order valence-electron chi connectivity index (χ3n) is 8.65. The molecule has 0 amide bonds. The van der Waals surface area contributed by atoms with E-state index in [0.717, 1.165) is 28.1 Å². The van der Waals surface area contributed by atoms with Crippen molar-refractivity contribution in [2.24, 2.45) is 0 Å². The lowest BCUT2D eigenvalue weighted by Gasteiger charge is -2.13. The number of rotatable bonds is 4. The molecule has 0 saturated heterocycles. The van der Waals surface area contributed by atoms with Crippen molar-refractivity contribution in [1.82, 2.24) is 14.1 Å². The fraction of sp³-hybridized carbons (Fsp3) is 0. The highest BCUT2D eigenvalue weighted by molar-refractivity contribution is 6.15. The average Bonchev–Trinajstić information content (AvgIpc) is 3.62. The Balaban J connectivity index is 1.32. The molecule has 0 aliphatic heterocycles. The van der Waals surface area contributed by atoms with Crippen molar-refractivity contribution in [3.8, 4) is 28.3 Å². The highest BCUT2D eigenvalue weighted by atomic mass is 15.0. The minimum absolute atomic E-state index is 0.979. The zero-order valence-electron chi connectivity index (χ0n) is 23.9. The fourth-order valence-electron chi connectivity index (χ4n) is 6.86. The lowest BCUT2D eigenvalue weighted by atomic mass is 10.0. The van der Waals surface area contributed by atoms with Crippen molar-refractivity contribution in [1.29, 1.82) is 0 Å². The largest absolute Gasteiger partial charge is 0.309 e. The van der Waals surface area contributed by atoms with Crippen LogP contribution in [0.15, 0.2) is 164 Å². The quantitative estimate of drug-likeness (QED) is 0.196. The summed E-state index contributed by atoms with van der Waals surface area (Å²) in [6.45, 7) is 0. The van der Waals surface area contributed by atoms with Crippen molar-refractivity contribution < 1.29 is 4.57 Å². The van der Waals surface area contributed by atoms with Crippen molar-refractivity contribution in [2.45, 2.75) is 0 Å². The summed E-state index contributed by atoms with van der Waals surface area (Å²) < 4.78 is 6.99. The van der Waals surface area contributed by atoms with E-state index in [4.69, 9.17) is 4.98 Å². The first-order chi connectivity index (χ1) is 21.9. The van der Waals surface area contributed by atoms with Gasteiger partial charge in [0, 0.05) is 57.5 Å². The average molecular weight is 564 g/mol. The summed E-state index contributed by atoms with van der Waals surface area (Å²) in [5, 5.41) is 4.91. The molecule has 0 atom stereocenters. The molecule has 9 rings (SSSR count). The molecular formula is C40H27N4+. The highest BCUT2D eigenvalue weighted by Crippen LogP contribution is 2.39. The van der Waals surface area contributed by atoms with Gasteiger partial charge in [-0.1, -0.05) is 72.8 Å². The summed E-state index contributed by atoms with van der Waals surface area (Å²) in [7, 11) is 0. The Bertz CT molecular complexity index is 2320. The van der Waals surface area contributed by atoms with E-state index in [9.17, 15) is 0 Å². The molecule has 0 fully saturated rings. The van der Waals surface area contributed by atoms with Gasteiger partial charge in [0.05, 0.1) is 33.1 Å². The maximum absolute atomic E-state index is 4.71. The molecule has 0 N–H and O–H groups in total. The lowest BCUT2D eigenvalue weighted by Crippen LogP contribution is -2.29. The number of fused-ring (bicyclic) bond motifs is 6. The molecule has 0 aliphatic carbocycles. The molecule has 0 aliphatic rings. The van der Waals surface area contributed by atoms with Crippen LogP contribution in [0, 0.1) is 0 Å². The summed E-state index contributed by atoms with van der Waals surface area (Å²) in [5.41, 5.74) is 10.2. The number of hydrogen-bond donors (Lipinski definition) is 0. The number of para-hydroxylation sites is 2. The molecule has 5 aromatic carbocycles. The Morgan fingerprint density at radius 1 is 0.455 bits per heavy atom. The zero-order chi connectivity index (χ0) is 29.0. The van der Waals surface area contributed by atoms with Gasteiger partial charge in [0.25, 0.3) is 0 Å². The number of pyridine rings is 2. The zero-order valence-corrected chi connectivity index (χ0v) is 23.9. The van der Waals surface area contributed by atoms with Gasteiger partial charge in [-0.2, -0.15) is 4.57 Å². The number of aromatic nitrogens is 4. The standard InChI is InChI=1S/C40H27N4/c1-8-25-42(26-9-1)36-21-12-23-38-40(36)32-16-3-5-20-35(32)44(38)29-14-10-13-28(27-29)43-34-19-4-2-15-31(34)39-30(17-11-22-37(39)43)33-18-6-7-24-41-33/h1-27H/q+1. The smallest absolute Gasteiger partial charge is 0.220 e. The summed E-state index contributed by atoms with van der Waals surface area (Å²) in [6, 6.07) is 51.8. The Morgan fingerprint density at radius 2 is 1.05 bits per heavy atom. The summed E-state index contributed by atoms with van der Waals surface area (Å²) in [4.78, 5) is 4.71. The van der Waals surface area contributed by atoms with Crippen LogP contribution in [0.5, 0.6) is 0 Å². The Kier molecular flexibility index (Phi) is 5.47. The van der Waals surface area contributed by atoms with Gasteiger partial charge in [0.15, 0.2) is 12.4 Å². The molecule has 4 nitrogen and oxygen atoms in total. The Hall–Kier alpha value is -6.00. The first kappa shape index (κ1) is 24.6. The van der Waals surface area contributed by atoms with Gasteiger partial charge in [-0.25, -0.2) is 0 Å². The predicted molar refractivity (Wildman–Crippen MR) is 180 cm³/mol. The van der Waals surface area contributed by atoms with E-state index >= 15 is 0 Å². The minimum Gasteiger partial charge on any atom is -0.309 e. The second-order valence-electron chi connectivity index (χ2n) is 11.1. The molecule has 4 heterocycles. The van der Waals surface area contributed by atoms with Gasteiger partial charge in [-0.3, -0.25) is 4.98 Å². The summed E-state index contributed by atoms with van der Waals surface area (Å²) >= 11 is 0. The normalized spacial score (nSPS) is 11.6. The predicted octanol–water partition coefficient (Wildman–Crippen LogP) is 9.22. The lowest BCUT2D eigenvalue weighted by molar-refractivity contribution is -0.594. The van der Waals surface area contributed by atoms with Crippen LogP contribution >= 0.6 is 0 Å². The summed E-state index contributed by atoms with van der Waals surface area (Å²) in [5.74, 6) is 0. The van der Waals surface area contributed by atoms with Crippen molar-refractivity contribution in [3.05, 3.63) is 164 Å². The molecular weight excluding hydrogens is 536 g/mol. The van der Waals surface area contributed by atoms with Crippen molar-refractivity contribution >= 4 is 43.6 Å². The molecule has 44 heavy (non-hydrogen) atoms. The third kappa shape index (κ3) is 3.64. The summed E-state index contributed by atoms with van der Waals surface area (Å²) in [6.07, 6.45) is 6.09. The topological polar surface area (TPSA) is 26.6 Å². The molecule has 0 radical (unpaired) electrons. The van der Waals surface area contributed by atoms with Crippen LogP contribution in [0.3, 0.4) is 0 Å². The monoisotopic (exact) mass is 563 g/mol. The van der Waals surface area contributed by atoms with Gasteiger partial charge in [-0.05, 0) is 54.6 Å². The SMILES string of the molecule is c1cc[n+](-c2cccc3c2c2ccccc2n3-c2cccc(-n3c4ccccc4c4c(-c5ccccn5)cccc43)c2)cc1. The van der Waals surface area contributed by atoms with Crippen LogP contribution < -0.4 is 4.57 Å². The van der Waals surface area contributed by atoms with Gasteiger partial charge in [0.1, 0.15) is 0 Å². The van der Waals surface area contributed by atoms with Crippen LogP contribution in [0.1, 0.15) is 0 Å². The molecule has 0 saturated carbocycles. The maximum atomic E-state index is 4.71. The second-order valence-corrected chi connectivity index (χ2v) is 11.1. The Morgan fingerprint density at radius 3 is 1.75 bits per heavy atom. The molecule has 0 spiro atoms. The third-order valence-corrected chi connectivity index (χ3v) is 8.65. The number of nitrogens with zero attached hydrogens (tertiary/aromatic N) is 4. The van der Waals surface area contributed by atoms with E-state index in [1.165, 1.54) is 43.8 Å². The van der Waals surface area contributed by atoms with E-state index in [1.807, 2.05) is 12.3 Å². The second kappa shape index (κ2) is 9.79. The van der Waals surface area contributed by atoms with E-state index in [0.29, 0.717) is 0 Å². The number of benzene rings is 5. The van der Waals surface area contributed by atoms with Gasteiger partial charge in [-0.15, -0.1) is 0 Å². The highest BCUT2D eigenvalue weighted by Gasteiger charge is 2.21. The van der Waals surface area contributed by atoms with Gasteiger partial charge in [0.2, 0.25) is 5.69 Å². The van der Waals surface area contributed by atoms with E-state index < -0.39 is 0 Å². The Labute approximate surface area is 254 Å². The maximum Gasteiger partial charge on any atom is 0.220 e. The molecule has 0 bridgehead atoms. The van der Waals surface area contributed by atoms with Crippen molar-refractivity contribution in [3.63, 3.8) is 0 Å². The fourth-order valence-corrected chi connectivity index (χ4v) is 6.86. The van der Waals surface area contributed by atoms with Crippen LogP contribution in [0.25, 0.3) is 71.9 Å². The first-order valence-electron chi connectivity index (χ1n) is 14.9. The molecule has 206 valence electrons. The number of hydrogen-bond acceptors (Lipinski definition) is 1. The van der Waals surface area contributed by atoms with E-state index in [-0.39, 0.29) is 0 Å². The van der Waals surface area contributed by atoms with Crippen LogP contribution in [0.4, 0.5) is 0 Å². The molecule has 9 aromatic rings. The van der Waals surface area contributed by atoms with Crippen molar-refractivity contribution in [2.75, 3.05) is 0 Å². The van der Waals surface area contributed by atoms with E-state index in [2.05, 4.69) is 166 Å². The molecule has 0 unspecified atom stereocenters. The molecule has 4 aromatic heterocycles. The molecule has 4 heteroatoms. The minimum atomic E-state index is 0.979. The van der Waals surface area contributed by atoms with Crippen LogP contribution in [-0.2, 0) is 0 Å². The van der Waals surface area contributed by atoms with E-state index in [1.54, 1.807) is 0 Å². The van der Waals surface area contributed by atoms with Crippen LogP contribution in [0.2, 0.25) is 0 Å².